The van der Waals surface area contributed by atoms with Crippen LogP contribution in [0.2, 0.25) is 0 Å². The first-order valence-corrected chi connectivity index (χ1v) is 9.04. The van der Waals surface area contributed by atoms with Gasteiger partial charge in [0.1, 0.15) is 5.56 Å². The van der Waals surface area contributed by atoms with Gasteiger partial charge in [-0.05, 0) is 55.5 Å². The zero-order chi connectivity index (χ0) is 23.4. The van der Waals surface area contributed by atoms with Crippen LogP contribution < -0.4 is 10.2 Å². The molecule has 0 radical (unpaired) electrons. The first-order chi connectivity index (χ1) is 14.3. The largest absolute Gasteiger partial charge is 0.423 e. The number of nitro benzene ring substituents is 1. The van der Waals surface area contributed by atoms with Crippen LogP contribution in [0.1, 0.15) is 12.5 Å². The van der Waals surface area contributed by atoms with E-state index in [1.165, 1.54) is 6.92 Å². The Labute approximate surface area is 180 Å². The molecular formula is C19H17F3N4O4S. The number of alkyl halides is 3. The van der Waals surface area contributed by atoms with Crippen molar-refractivity contribution in [1.82, 2.24) is 0 Å². The van der Waals surface area contributed by atoms with Crippen LogP contribution in [-0.2, 0) is 11.0 Å². The van der Waals surface area contributed by atoms with Gasteiger partial charge in [-0.15, -0.1) is 0 Å². The summed E-state index contributed by atoms with van der Waals surface area (Å²) in [5, 5.41) is 25.8. The highest BCUT2D eigenvalue weighted by molar-refractivity contribution is 7.78. The van der Waals surface area contributed by atoms with Gasteiger partial charge in [0, 0.05) is 24.5 Å². The molecule has 31 heavy (non-hydrogen) atoms. The highest BCUT2D eigenvalue weighted by atomic mass is 32.1. The predicted molar refractivity (Wildman–Crippen MR) is 112 cm³/mol. The second-order valence-corrected chi connectivity index (χ2v) is 6.97. The Morgan fingerprint density at radius 3 is 2.42 bits per heavy atom. The van der Waals surface area contributed by atoms with Gasteiger partial charge in [-0.3, -0.25) is 14.9 Å². The van der Waals surface area contributed by atoms with Crippen LogP contribution >= 0.6 is 12.2 Å². The fraction of sp³-hybridized carbons (Fsp3) is 0.263. The summed E-state index contributed by atoms with van der Waals surface area (Å²) < 4.78 is 39.3. The number of hydrogen-bond donors (Lipinski definition) is 2. The molecular weight excluding hydrogens is 437 g/mol. The lowest BCUT2D eigenvalue weighted by Crippen LogP contribution is -2.48. The third kappa shape index (κ3) is 6.07. The number of nitrogens with one attached hydrogen (secondary N) is 1. The maximum Gasteiger partial charge on any atom is 0.423 e. The number of rotatable bonds is 7. The molecule has 0 aliphatic heterocycles. The number of carbonyl (C=O) groups excluding carboxylic acids is 1. The molecule has 0 aliphatic rings. The topological polar surface area (TPSA) is 108 Å². The quantitative estimate of drug-likeness (QED) is 0.281. The first kappa shape index (κ1) is 23.9. The molecule has 0 unspecified atom stereocenters. The Balaban J connectivity index is 2.18. The van der Waals surface area contributed by atoms with E-state index >= 15 is 0 Å². The third-order valence-electron chi connectivity index (χ3n) is 4.26. The van der Waals surface area contributed by atoms with Crippen molar-refractivity contribution in [2.24, 2.45) is 4.99 Å². The van der Waals surface area contributed by atoms with E-state index in [0.29, 0.717) is 23.5 Å². The highest BCUT2D eigenvalue weighted by Gasteiger charge is 2.39. The van der Waals surface area contributed by atoms with Crippen molar-refractivity contribution >= 4 is 46.0 Å². The zero-order valence-corrected chi connectivity index (χ0v) is 17.1. The number of hydrogen-bond acceptors (Lipinski definition) is 7. The number of aliphatic hydroxyl groups is 1. The average Bonchev–Trinajstić information content (AvgIpc) is 2.67. The lowest BCUT2D eigenvalue weighted by molar-refractivity contribution is -0.388. The van der Waals surface area contributed by atoms with E-state index in [9.17, 15) is 33.2 Å². The molecule has 0 saturated heterocycles. The molecule has 0 heterocycles. The molecule has 2 aromatic rings. The molecule has 2 aromatic carbocycles. The normalized spacial score (nSPS) is 13.0. The number of isothiocyanates is 1. The van der Waals surface area contributed by atoms with Crippen LogP contribution in [0.15, 0.2) is 47.5 Å². The second-order valence-electron chi connectivity index (χ2n) is 6.79. The minimum Gasteiger partial charge on any atom is -0.378 e. The zero-order valence-electron chi connectivity index (χ0n) is 16.3. The van der Waals surface area contributed by atoms with Gasteiger partial charge in [0.05, 0.1) is 22.3 Å². The number of nitrogens with zero attached hydrogens (tertiary/aromatic N) is 3. The SMILES string of the molecule is CN(C[C@](C)(O)C(=O)Nc1ccc([N+](=O)[O-])c(C(F)(F)F)c1)c1ccc(N=C=S)cc1. The van der Waals surface area contributed by atoms with Crippen molar-refractivity contribution in [3.8, 4) is 0 Å². The van der Waals surface area contributed by atoms with Crippen molar-refractivity contribution in [1.29, 1.82) is 0 Å². The van der Waals surface area contributed by atoms with Gasteiger partial charge in [0.25, 0.3) is 11.6 Å². The van der Waals surface area contributed by atoms with Gasteiger partial charge < -0.3 is 15.3 Å². The van der Waals surface area contributed by atoms with Crippen LogP contribution in [0.25, 0.3) is 0 Å². The standard InChI is InChI=1S/C19H17F3N4O4S/c1-18(28,10-25(2)14-6-3-12(4-7-14)23-11-31)17(27)24-13-5-8-16(26(29)30)15(9-13)19(20,21)22/h3-9,28H,10H2,1-2H3,(H,24,27)/t18-/m0/s1. The molecule has 0 aromatic heterocycles. The fourth-order valence-electron chi connectivity index (χ4n) is 2.73. The number of aliphatic imine (C=N–C) groups is 1. The van der Waals surface area contributed by atoms with E-state index in [1.54, 1.807) is 36.2 Å². The molecule has 2 N–H and O–H groups in total. The van der Waals surface area contributed by atoms with Gasteiger partial charge >= 0.3 is 6.18 Å². The number of halogens is 3. The molecule has 1 atom stereocenters. The molecule has 8 nitrogen and oxygen atoms in total. The summed E-state index contributed by atoms with van der Waals surface area (Å²) in [5.74, 6) is -0.983. The molecule has 0 bridgehead atoms. The molecule has 0 spiro atoms. The van der Waals surface area contributed by atoms with Crippen LogP contribution in [0.4, 0.5) is 35.9 Å². The summed E-state index contributed by atoms with van der Waals surface area (Å²) in [7, 11) is 1.60. The highest BCUT2D eigenvalue weighted by Crippen LogP contribution is 2.37. The Morgan fingerprint density at radius 1 is 1.29 bits per heavy atom. The Bertz CT molecular complexity index is 1040. The summed E-state index contributed by atoms with van der Waals surface area (Å²) in [6, 6.07) is 8.69. The van der Waals surface area contributed by atoms with Gasteiger partial charge in [0.15, 0.2) is 5.60 Å². The number of thiocarbonyl (C=S) groups is 1. The molecule has 0 fully saturated rings. The number of carbonyl (C=O) groups is 1. The molecule has 0 saturated carbocycles. The van der Waals surface area contributed by atoms with Crippen molar-refractivity contribution in [3.63, 3.8) is 0 Å². The van der Waals surface area contributed by atoms with E-state index in [-0.39, 0.29) is 12.2 Å². The molecule has 0 aliphatic carbocycles. The maximum atomic E-state index is 13.1. The molecule has 164 valence electrons. The third-order valence-corrected chi connectivity index (χ3v) is 4.35. The van der Waals surface area contributed by atoms with E-state index in [0.717, 1.165) is 6.07 Å². The molecule has 2 rings (SSSR count). The Hall–Kier alpha value is -3.34. The van der Waals surface area contributed by atoms with Crippen LogP contribution in [0.3, 0.4) is 0 Å². The lowest BCUT2D eigenvalue weighted by Gasteiger charge is -2.29. The molecule has 1 amide bonds. The minimum atomic E-state index is -4.99. The average molecular weight is 454 g/mol. The van der Waals surface area contributed by atoms with Crippen LogP contribution in [0, 0.1) is 10.1 Å². The lowest BCUT2D eigenvalue weighted by atomic mass is 10.0. The van der Waals surface area contributed by atoms with E-state index in [2.05, 4.69) is 27.7 Å². The summed E-state index contributed by atoms with van der Waals surface area (Å²) in [6.45, 7) is 0.993. The Kier molecular flexibility index (Phi) is 7.11. The van der Waals surface area contributed by atoms with Crippen molar-refractivity contribution in [2.75, 3.05) is 23.8 Å². The first-order valence-electron chi connectivity index (χ1n) is 8.63. The number of anilines is 2. The summed E-state index contributed by atoms with van der Waals surface area (Å²) in [6.07, 6.45) is -4.99. The summed E-state index contributed by atoms with van der Waals surface area (Å²) in [5.41, 5.74) is -3.79. The number of likely N-dealkylation sites (N-methyl/N-ethyl adjacent to an activating group) is 1. The van der Waals surface area contributed by atoms with Crippen LogP contribution in [0.5, 0.6) is 0 Å². The predicted octanol–water partition coefficient (Wildman–Crippen LogP) is 4.17. The molecule has 12 heteroatoms. The smallest absolute Gasteiger partial charge is 0.378 e. The number of amides is 1. The van der Waals surface area contributed by atoms with Gasteiger partial charge in [-0.2, -0.15) is 18.2 Å². The fourth-order valence-corrected chi connectivity index (χ4v) is 2.83. The van der Waals surface area contributed by atoms with Gasteiger partial charge in [-0.1, -0.05) is 0 Å². The van der Waals surface area contributed by atoms with Crippen molar-refractivity contribution < 1.29 is 28.0 Å². The van der Waals surface area contributed by atoms with Crippen molar-refractivity contribution in [2.45, 2.75) is 18.7 Å². The van der Waals surface area contributed by atoms with E-state index in [4.69, 9.17) is 0 Å². The summed E-state index contributed by atoms with van der Waals surface area (Å²) in [4.78, 5) is 27.5. The van der Waals surface area contributed by atoms with E-state index in [1.807, 2.05) is 0 Å². The Morgan fingerprint density at radius 2 is 1.90 bits per heavy atom. The number of nitro groups is 1. The summed E-state index contributed by atoms with van der Waals surface area (Å²) >= 11 is 4.52. The minimum absolute atomic E-state index is 0.201. The van der Waals surface area contributed by atoms with Crippen molar-refractivity contribution in [3.05, 3.63) is 58.1 Å². The van der Waals surface area contributed by atoms with Gasteiger partial charge in [0.2, 0.25) is 0 Å². The number of benzene rings is 2. The maximum absolute atomic E-state index is 13.1. The van der Waals surface area contributed by atoms with Gasteiger partial charge in [-0.25, -0.2) is 0 Å². The second kappa shape index (κ2) is 9.21. The van der Waals surface area contributed by atoms with E-state index < -0.39 is 33.9 Å². The monoisotopic (exact) mass is 454 g/mol. The van der Waals surface area contributed by atoms with Crippen LogP contribution in [-0.4, -0.2) is 40.3 Å².